The quantitative estimate of drug-likeness (QED) is 0.780. The Balaban J connectivity index is 2.00. The maximum absolute atomic E-state index is 11.9. The lowest BCUT2D eigenvalue weighted by Gasteiger charge is -2.18. The number of aromatic nitrogens is 3. The molecule has 1 aliphatic heterocycles. The molecule has 9 nitrogen and oxygen atoms in total. The van der Waals surface area contributed by atoms with Crippen LogP contribution in [0.25, 0.3) is 0 Å². The number of aromatic amines is 1. The minimum Gasteiger partial charge on any atom is -0.463 e. The minimum atomic E-state index is -0.418. The fourth-order valence-corrected chi connectivity index (χ4v) is 1.51. The first-order valence-corrected chi connectivity index (χ1v) is 5.80. The molecule has 1 aromatic heterocycles. The van der Waals surface area contributed by atoms with Gasteiger partial charge in [0.25, 0.3) is 5.91 Å². The molecular weight excluding hydrogens is 252 g/mol. The van der Waals surface area contributed by atoms with E-state index < -0.39 is 5.91 Å². The summed E-state index contributed by atoms with van der Waals surface area (Å²) < 4.78 is 5.06. The molecule has 19 heavy (non-hydrogen) atoms. The second kappa shape index (κ2) is 5.46. The van der Waals surface area contributed by atoms with Crippen LogP contribution >= 0.6 is 0 Å². The highest BCUT2D eigenvalue weighted by Gasteiger charge is 2.22. The molecule has 0 spiro atoms. The van der Waals surface area contributed by atoms with Crippen LogP contribution in [0.2, 0.25) is 0 Å². The second-order valence-corrected chi connectivity index (χ2v) is 3.82. The van der Waals surface area contributed by atoms with Gasteiger partial charge >= 0.3 is 6.01 Å². The lowest BCUT2D eigenvalue weighted by atomic mass is 10.1. The van der Waals surface area contributed by atoms with E-state index in [2.05, 4.69) is 25.6 Å². The van der Waals surface area contributed by atoms with E-state index in [9.17, 15) is 9.59 Å². The molecular formula is C10H14N6O3. The van der Waals surface area contributed by atoms with Crippen molar-refractivity contribution in [3.05, 3.63) is 0 Å². The largest absolute Gasteiger partial charge is 0.463 e. The van der Waals surface area contributed by atoms with Gasteiger partial charge in [-0.3, -0.25) is 14.9 Å². The topological polar surface area (TPSA) is 113 Å². The van der Waals surface area contributed by atoms with Crippen molar-refractivity contribution >= 4 is 23.5 Å². The van der Waals surface area contributed by atoms with E-state index in [0.29, 0.717) is 13.0 Å². The van der Waals surface area contributed by atoms with Gasteiger partial charge in [0.05, 0.1) is 6.61 Å². The number of H-pyrrole nitrogens is 1. The number of amides is 2. The predicted octanol–water partition coefficient (Wildman–Crippen LogP) is -0.250. The van der Waals surface area contributed by atoms with Crippen molar-refractivity contribution in [3.63, 3.8) is 0 Å². The molecule has 0 saturated carbocycles. The summed E-state index contributed by atoms with van der Waals surface area (Å²) in [6, 6.07) is 0.163. The third-order valence-electron chi connectivity index (χ3n) is 2.44. The number of nitrogens with one attached hydrogen (secondary N) is 2. The average Bonchev–Trinajstić information content (AvgIpc) is 2.80. The van der Waals surface area contributed by atoms with Gasteiger partial charge in [0.15, 0.2) is 0 Å². The number of rotatable bonds is 4. The van der Waals surface area contributed by atoms with Gasteiger partial charge in [-0.15, -0.1) is 5.10 Å². The van der Waals surface area contributed by atoms with Crippen LogP contribution in [0.5, 0.6) is 6.01 Å². The molecule has 0 aromatic carbocycles. The average molecular weight is 266 g/mol. The van der Waals surface area contributed by atoms with E-state index >= 15 is 0 Å². The standard InChI is InChI=1S/C10H14N6O3/c1-3-19-10-12-9(13-14-10)11-8(18)6-4-5-7(17)16(2)15-6/h3-5H2,1-2H3,(H2,11,12,13,14,18). The van der Waals surface area contributed by atoms with Gasteiger partial charge in [-0.2, -0.15) is 10.1 Å². The summed E-state index contributed by atoms with van der Waals surface area (Å²) in [6.07, 6.45) is 0.574. The lowest BCUT2D eigenvalue weighted by molar-refractivity contribution is -0.130. The molecule has 1 aromatic rings. The monoisotopic (exact) mass is 266 g/mol. The van der Waals surface area contributed by atoms with Crippen molar-refractivity contribution in [3.8, 4) is 6.01 Å². The molecule has 2 N–H and O–H groups in total. The number of nitrogens with zero attached hydrogens (tertiary/aromatic N) is 4. The number of hydrogen-bond acceptors (Lipinski definition) is 6. The van der Waals surface area contributed by atoms with Crippen LogP contribution in [0.15, 0.2) is 5.10 Å². The van der Waals surface area contributed by atoms with E-state index in [1.54, 1.807) is 6.92 Å². The summed E-state index contributed by atoms with van der Waals surface area (Å²) in [5, 5.41) is 13.8. The van der Waals surface area contributed by atoms with E-state index in [-0.39, 0.29) is 30.0 Å². The van der Waals surface area contributed by atoms with Gasteiger partial charge in [0, 0.05) is 19.9 Å². The Morgan fingerprint density at radius 1 is 1.53 bits per heavy atom. The molecule has 2 amide bonds. The fraction of sp³-hybridized carbons (Fsp3) is 0.500. The Hall–Kier alpha value is -2.45. The van der Waals surface area contributed by atoms with Crippen molar-refractivity contribution < 1.29 is 14.3 Å². The third-order valence-corrected chi connectivity index (χ3v) is 2.44. The molecule has 9 heteroatoms. The molecule has 0 unspecified atom stereocenters. The van der Waals surface area contributed by atoms with Gasteiger partial charge in [-0.25, -0.2) is 10.1 Å². The van der Waals surface area contributed by atoms with Gasteiger partial charge in [0.2, 0.25) is 11.9 Å². The zero-order valence-corrected chi connectivity index (χ0v) is 10.6. The molecule has 2 rings (SSSR count). The molecule has 0 aliphatic carbocycles. The first-order chi connectivity index (χ1) is 9.10. The highest BCUT2D eigenvalue weighted by molar-refractivity contribution is 6.43. The van der Waals surface area contributed by atoms with Crippen LogP contribution in [0.4, 0.5) is 5.95 Å². The maximum atomic E-state index is 11.9. The van der Waals surface area contributed by atoms with Gasteiger partial charge < -0.3 is 4.74 Å². The first kappa shape index (κ1) is 13.0. The van der Waals surface area contributed by atoms with Crippen molar-refractivity contribution in [2.75, 3.05) is 19.0 Å². The highest BCUT2D eigenvalue weighted by atomic mass is 16.5. The lowest BCUT2D eigenvalue weighted by Crippen LogP contribution is -2.34. The Labute approximate surface area is 109 Å². The number of anilines is 1. The van der Waals surface area contributed by atoms with Crippen LogP contribution in [-0.4, -0.2) is 51.4 Å². The summed E-state index contributed by atoms with van der Waals surface area (Å²) in [6.45, 7) is 2.24. The number of carbonyl (C=O) groups excluding carboxylic acids is 2. The fourth-order valence-electron chi connectivity index (χ4n) is 1.51. The first-order valence-electron chi connectivity index (χ1n) is 5.80. The normalized spacial score (nSPS) is 15.2. The Morgan fingerprint density at radius 2 is 2.32 bits per heavy atom. The Bertz CT molecular complexity index is 523. The molecule has 102 valence electrons. The smallest absolute Gasteiger partial charge is 0.337 e. The van der Waals surface area contributed by atoms with Gasteiger partial charge in [0.1, 0.15) is 5.71 Å². The van der Waals surface area contributed by atoms with E-state index in [0.717, 1.165) is 5.01 Å². The third kappa shape index (κ3) is 3.06. The van der Waals surface area contributed by atoms with Crippen LogP contribution < -0.4 is 10.1 Å². The second-order valence-electron chi connectivity index (χ2n) is 3.82. The summed E-state index contributed by atoms with van der Waals surface area (Å²) >= 11 is 0. The van der Waals surface area contributed by atoms with Crippen LogP contribution in [-0.2, 0) is 9.59 Å². The van der Waals surface area contributed by atoms with Crippen LogP contribution in [0.1, 0.15) is 19.8 Å². The predicted molar refractivity (Wildman–Crippen MR) is 65.6 cm³/mol. The molecule has 2 heterocycles. The van der Waals surface area contributed by atoms with E-state index in [4.69, 9.17) is 4.74 Å². The molecule has 0 fully saturated rings. The minimum absolute atomic E-state index is 0.116. The molecule has 0 bridgehead atoms. The molecule has 0 saturated heterocycles. The zero-order chi connectivity index (χ0) is 13.8. The number of ether oxygens (including phenoxy) is 1. The van der Waals surface area contributed by atoms with Crippen molar-refractivity contribution in [1.82, 2.24) is 20.2 Å². The van der Waals surface area contributed by atoms with Gasteiger partial charge in [-0.05, 0) is 6.92 Å². The Morgan fingerprint density at radius 3 is 3.00 bits per heavy atom. The Kier molecular flexibility index (Phi) is 3.74. The zero-order valence-electron chi connectivity index (χ0n) is 10.6. The van der Waals surface area contributed by atoms with Crippen molar-refractivity contribution in [1.29, 1.82) is 0 Å². The SMILES string of the molecule is CCOc1n[nH]c(NC(=O)C2=NN(C)C(=O)CC2)n1. The molecule has 1 aliphatic rings. The molecule has 0 radical (unpaired) electrons. The summed E-state index contributed by atoms with van der Waals surface area (Å²) in [7, 11) is 1.51. The van der Waals surface area contributed by atoms with E-state index in [1.165, 1.54) is 7.05 Å². The highest BCUT2D eigenvalue weighted by Crippen LogP contribution is 2.10. The van der Waals surface area contributed by atoms with E-state index in [1.807, 2.05) is 0 Å². The summed E-state index contributed by atoms with van der Waals surface area (Å²) in [5.41, 5.74) is 0.274. The van der Waals surface area contributed by atoms with Crippen LogP contribution in [0.3, 0.4) is 0 Å². The molecule has 0 atom stereocenters. The summed E-state index contributed by atoms with van der Waals surface area (Å²) in [5.74, 6) is -0.357. The van der Waals surface area contributed by atoms with Crippen molar-refractivity contribution in [2.45, 2.75) is 19.8 Å². The van der Waals surface area contributed by atoms with Gasteiger partial charge in [-0.1, -0.05) is 0 Å². The summed E-state index contributed by atoms with van der Waals surface area (Å²) in [4.78, 5) is 27.0. The van der Waals surface area contributed by atoms with Crippen molar-refractivity contribution in [2.24, 2.45) is 5.10 Å². The van der Waals surface area contributed by atoms with Crippen LogP contribution in [0, 0.1) is 0 Å². The number of carbonyl (C=O) groups is 2. The number of hydrogen-bond donors (Lipinski definition) is 2. The number of hydrazone groups is 1. The maximum Gasteiger partial charge on any atom is 0.337 e.